The Morgan fingerprint density at radius 3 is 2.47 bits per heavy atom. The molecular weight excluding hydrogens is 445 g/mol. The van der Waals surface area contributed by atoms with Crippen LogP contribution in [-0.4, -0.2) is 27.2 Å². The number of carboxylic acids is 1. The molecule has 0 aliphatic rings. The Morgan fingerprint density at radius 2 is 1.78 bits per heavy atom. The van der Waals surface area contributed by atoms with Crippen LogP contribution in [0.15, 0.2) is 54.7 Å². The van der Waals surface area contributed by atoms with Gasteiger partial charge in [0.2, 0.25) is 0 Å². The Labute approximate surface area is 188 Å². The fourth-order valence-corrected chi connectivity index (χ4v) is 3.42. The SMILES string of the molecule is O=C(O)CCCCCOc1ccccc1Cn1c(Cl)cnc1-c1ccc(C(F)(F)F)cc1. The molecule has 0 atom stereocenters. The number of aliphatic carboxylic acids is 1. The molecule has 1 N–H and O–H groups in total. The molecule has 0 aliphatic heterocycles. The molecule has 0 unspecified atom stereocenters. The predicted molar refractivity (Wildman–Crippen MR) is 115 cm³/mol. The van der Waals surface area contributed by atoms with Gasteiger partial charge < -0.3 is 14.4 Å². The summed E-state index contributed by atoms with van der Waals surface area (Å²) in [6, 6.07) is 12.2. The summed E-state index contributed by atoms with van der Waals surface area (Å²) in [5.41, 5.74) is 0.625. The molecule has 2 aromatic carbocycles. The zero-order valence-electron chi connectivity index (χ0n) is 17.1. The van der Waals surface area contributed by atoms with Crippen LogP contribution in [0.2, 0.25) is 5.15 Å². The fraction of sp³-hybridized carbons (Fsp3) is 0.304. The molecule has 32 heavy (non-hydrogen) atoms. The molecule has 3 aromatic rings. The van der Waals surface area contributed by atoms with Crippen molar-refractivity contribution in [2.75, 3.05) is 6.61 Å². The number of ether oxygens (including phenoxy) is 1. The third kappa shape index (κ3) is 6.26. The Bertz CT molecular complexity index is 1050. The monoisotopic (exact) mass is 466 g/mol. The van der Waals surface area contributed by atoms with Crippen molar-refractivity contribution in [3.63, 3.8) is 0 Å². The number of alkyl halides is 3. The van der Waals surface area contributed by atoms with E-state index in [1.807, 2.05) is 24.3 Å². The van der Waals surface area contributed by atoms with Crippen molar-refractivity contribution >= 4 is 17.6 Å². The van der Waals surface area contributed by atoms with Crippen LogP contribution in [0, 0.1) is 0 Å². The number of nitrogens with zero attached hydrogens (tertiary/aromatic N) is 2. The van der Waals surface area contributed by atoms with Crippen LogP contribution in [0.3, 0.4) is 0 Å². The Morgan fingerprint density at radius 1 is 1.06 bits per heavy atom. The van der Waals surface area contributed by atoms with E-state index >= 15 is 0 Å². The number of unbranched alkanes of at least 4 members (excludes halogenated alkanes) is 2. The number of hydrogen-bond acceptors (Lipinski definition) is 3. The molecule has 170 valence electrons. The second kappa shape index (κ2) is 10.5. The number of imidazole rings is 1. The van der Waals surface area contributed by atoms with Gasteiger partial charge in [0.15, 0.2) is 0 Å². The Kier molecular flexibility index (Phi) is 7.80. The number of carbonyl (C=O) groups is 1. The number of carboxylic acid groups (broad SMARTS) is 1. The van der Waals surface area contributed by atoms with E-state index in [-0.39, 0.29) is 6.42 Å². The molecule has 1 heterocycles. The summed E-state index contributed by atoms with van der Waals surface area (Å²) >= 11 is 6.32. The molecule has 0 amide bonds. The summed E-state index contributed by atoms with van der Waals surface area (Å²) in [4.78, 5) is 14.8. The average molecular weight is 467 g/mol. The van der Waals surface area contributed by atoms with E-state index in [0.717, 1.165) is 30.5 Å². The largest absolute Gasteiger partial charge is 0.493 e. The average Bonchev–Trinajstić information content (AvgIpc) is 3.11. The standard InChI is InChI=1S/C23H22ClF3N2O3/c24-20-14-28-22(16-9-11-18(12-10-16)23(25,26)27)29(20)15-17-6-3-4-7-19(17)32-13-5-1-2-8-21(30)31/h3-4,6-7,9-12,14H,1-2,5,8,13,15H2,(H,30,31). The van der Waals surface area contributed by atoms with Gasteiger partial charge in [-0.05, 0) is 37.5 Å². The van der Waals surface area contributed by atoms with Gasteiger partial charge >= 0.3 is 12.1 Å². The molecule has 0 fully saturated rings. The van der Waals surface area contributed by atoms with Crippen LogP contribution in [-0.2, 0) is 17.5 Å². The lowest BCUT2D eigenvalue weighted by Crippen LogP contribution is -2.07. The summed E-state index contributed by atoms with van der Waals surface area (Å²) in [5, 5.41) is 9.03. The van der Waals surface area contributed by atoms with Gasteiger partial charge in [0, 0.05) is 17.5 Å². The normalized spacial score (nSPS) is 11.5. The number of halogens is 4. The molecule has 1 aromatic heterocycles. The van der Waals surface area contributed by atoms with Gasteiger partial charge in [-0.2, -0.15) is 13.2 Å². The maximum Gasteiger partial charge on any atom is 0.416 e. The molecule has 0 bridgehead atoms. The van der Waals surface area contributed by atoms with Gasteiger partial charge in [-0.1, -0.05) is 41.9 Å². The van der Waals surface area contributed by atoms with Gasteiger partial charge in [-0.3, -0.25) is 4.79 Å². The third-order valence-electron chi connectivity index (χ3n) is 4.87. The minimum Gasteiger partial charge on any atom is -0.493 e. The molecule has 0 saturated carbocycles. The minimum absolute atomic E-state index is 0.141. The summed E-state index contributed by atoms with van der Waals surface area (Å²) in [6.07, 6.45) is -0.732. The van der Waals surface area contributed by atoms with E-state index in [2.05, 4.69) is 4.98 Å². The highest BCUT2D eigenvalue weighted by Gasteiger charge is 2.30. The van der Waals surface area contributed by atoms with E-state index in [1.54, 1.807) is 4.57 Å². The van der Waals surface area contributed by atoms with E-state index in [1.165, 1.54) is 18.3 Å². The summed E-state index contributed by atoms with van der Waals surface area (Å²) < 4.78 is 46.2. The van der Waals surface area contributed by atoms with Gasteiger partial charge in [-0.25, -0.2) is 4.98 Å². The smallest absolute Gasteiger partial charge is 0.416 e. The first kappa shape index (κ1) is 23.7. The maximum absolute atomic E-state index is 12.9. The van der Waals surface area contributed by atoms with E-state index in [9.17, 15) is 18.0 Å². The maximum atomic E-state index is 12.9. The molecule has 0 spiro atoms. The van der Waals surface area contributed by atoms with Gasteiger partial charge in [0.1, 0.15) is 16.7 Å². The summed E-state index contributed by atoms with van der Waals surface area (Å²) in [7, 11) is 0. The molecule has 9 heteroatoms. The topological polar surface area (TPSA) is 64.3 Å². The number of rotatable bonds is 10. The van der Waals surface area contributed by atoms with Gasteiger partial charge in [0.05, 0.1) is 24.9 Å². The predicted octanol–water partition coefficient (Wildman–Crippen LogP) is 6.29. The summed E-state index contributed by atoms with van der Waals surface area (Å²) in [5.74, 6) is 0.304. The highest BCUT2D eigenvalue weighted by atomic mass is 35.5. The van der Waals surface area contributed by atoms with E-state index in [4.69, 9.17) is 21.4 Å². The molecule has 0 aliphatic carbocycles. The van der Waals surface area contributed by atoms with Crippen molar-refractivity contribution in [1.82, 2.24) is 9.55 Å². The first-order valence-electron chi connectivity index (χ1n) is 10.1. The van der Waals surface area contributed by atoms with Crippen LogP contribution in [0.25, 0.3) is 11.4 Å². The summed E-state index contributed by atoms with van der Waals surface area (Å²) in [6.45, 7) is 0.768. The number of hydrogen-bond donors (Lipinski definition) is 1. The molecular formula is C23H22ClF3N2O3. The lowest BCUT2D eigenvalue weighted by molar-refractivity contribution is -0.138. The van der Waals surface area contributed by atoms with Crippen LogP contribution in [0.1, 0.15) is 36.8 Å². The fourth-order valence-electron chi connectivity index (χ4n) is 3.23. The van der Waals surface area contributed by atoms with Crippen LogP contribution in [0.5, 0.6) is 5.75 Å². The quantitative estimate of drug-likeness (QED) is 0.356. The Balaban J connectivity index is 1.72. The van der Waals surface area contributed by atoms with Crippen molar-refractivity contribution in [1.29, 1.82) is 0 Å². The van der Waals surface area contributed by atoms with Crippen LogP contribution >= 0.6 is 11.6 Å². The Hall–Kier alpha value is -3.00. The van der Waals surface area contributed by atoms with Crippen molar-refractivity contribution in [2.45, 2.75) is 38.4 Å². The van der Waals surface area contributed by atoms with Gasteiger partial charge in [0.25, 0.3) is 0 Å². The molecule has 0 radical (unpaired) electrons. The van der Waals surface area contributed by atoms with E-state index < -0.39 is 17.7 Å². The number of aromatic nitrogens is 2. The first-order valence-corrected chi connectivity index (χ1v) is 10.4. The second-order valence-corrected chi connectivity index (χ2v) is 7.61. The van der Waals surface area contributed by atoms with Crippen LogP contribution < -0.4 is 4.74 Å². The van der Waals surface area contributed by atoms with Crippen molar-refractivity contribution in [2.24, 2.45) is 0 Å². The van der Waals surface area contributed by atoms with Crippen molar-refractivity contribution < 1.29 is 27.8 Å². The highest BCUT2D eigenvalue weighted by molar-refractivity contribution is 6.29. The second-order valence-electron chi connectivity index (χ2n) is 7.23. The first-order chi connectivity index (χ1) is 15.3. The molecule has 3 rings (SSSR count). The van der Waals surface area contributed by atoms with E-state index in [0.29, 0.717) is 41.9 Å². The van der Waals surface area contributed by atoms with Crippen LogP contribution in [0.4, 0.5) is 13.2 Å². The van der Waals surface area contributed by atoms with Crippen molar-refractivity contribution in [3.8, 4) is 17.1 Å². The zero-order valence-corrected chi connectivity index (χ0v) is 17.9. The zero-order chi connectivity index (χ0) is 23.1. The number of para-hydroxylation sites is 1. The lowest BCUT2D eigenvalue weighted by atomic mass is 10.1. The minimum atomic E-state index is -4.41. The van der Waals surface area contributed by atoms with Crippen molar-refractivity contribution in [3.05, 3.63) is 71.0 Å². The molecule has 5 nitrogen and oxygen atoms in total. The lowest BCUT2D eigenvalue weighted by Gasteiger charge is -2.15. The third-order valence-corrected chi connectivity index (χ3v) is 5.17. The van der Waals surface area contributed by atoms with Gasteiger partial charge in [-0.15, -0.1) is 0 Å². The number of benzene rings is 2. The highest BCUT2D eigenvalue weighted by Crippen LogP contribution is 2.32. The molecule has 0 saturated heterocycles.